The number of ether oxygens (including phenoxy) is 1. The molecule has 2 fully saturated rings. The maximum atomic E-state index is 5.52. The fourth-order valence-electron chi connectivity index (χ4n) is 3.90. The van der Waals surface area contributed by atoms with Crippen LogP contribution in [0.2, 0.25) is 0 Å². The van der Waals surface area contributed by atoms with E-state index in [1.165, 1.54) is 58.2 Å². The minimum absolute atomic E-state index is 0.471. The van der Waals surface area contributed by atoms with Crippen molar-refractivity contribution >= 4 is 0 Å². The second kappa shape index (κ2) is 7.77. The van der Waals surface area contributed by atoms with E-state index in [-0.39, 0.29) is 0 Å². The Morgan fingerprint density at radius 1 is 1.25 bits per heavy atom. The summed E-state index contributed by atoms with van der Waals surface area (Å²) >= 11 is 0. The van der Waals surface area contributed by atoms with Gasteiger partial charge < -0.3 is 15.0 Å². The van der Waals surface area contributed by atoms with E-state index >= 15 is 0 Å². The average Bonchev–Trinajstić information content (AvgIpc) is 2.90. The molecule has 0 aromatic heterocycles. The first-order valence-corrected chi connectivity index (χ1v) is 8.63. The van der Waals surface area contributed by atoms with Crippen molar-refractivity contribution in [3.05, 3.63) is 0 Å². The number of likely N-dealkylation sites (tertiary alicyclic amines) is 1. The molecule has 1 saturated heterocycles. The highest BCUT2D eigenvalue weighted by Crippen LogP contribution is 2.39. The van der Waals surface area contributed by atoms with Gasteiger partial charge in [-0.1, -0.05) is 26.7 Å². The summed E-state index contributed by atoms with van der Waals surface area (Å²) in [5.74, 6) is 0.930. The Morgan fingerprint density at radius 2 is 2.00 bits per heavy atom. The molecule has 20 heavy (non-hydrogen) atoms. The van der Waals surface area contributed by atoms with E-state index in [0.717, 1.165) is 19.0 Å². The van der Waals surface area contributed by atoms with Crippen LogP contribution in [0.3, 0.4) is 0 Å². The van der Waals surface area contributed by atoms with Crippen molar-refractivity contribution in [2.45, 2.75) is 58.5 Å². The second-order valence-corrected chi connectivity index (χ2v) is 7.24. The smallest absolute Gasteiger partial charge is 0.0710 e. The molecule has 1 aliphatic heterocycles. The van der Waals surface area contributed by atoms with Crippen LogP contribution in [0.5, 0.6) is 0 Å². The van der Waals surface area contributed by atoms with Gasteiger partial charge in [-0.05, 0) is 43.6 Å². The molecule has 0 bridgehead atoms. The van der Waals surface area contributed by atoms with Gasteiger partial charge in [0.15, 0.2) is 0 Å². The van der Waals surface area contributed by atoms with Gasteiger partial charge >= 0.3 is 0 Å². The van der Waals surface area contributed by atoms with Gasteiger partial charge in [0, 0.05) is 33.3 Å². The molecular weight excluding hydrogens is 248 g/mol. The molecule has 1 heterocycles. The molecule has 1 aliphatic carbocycles. The average molecular weight is 282 g/mol. The van der Waals surface area contributed by atoms with Crippen LogP contribution in [0, 0.1) is 11.3 Å². The van der Waals surface area contributed by atoms with Crippen LogP contribution < -0.4 is 5.32 Å². The van der Waals surface area contributed by atoms with Gasteiger partial charge in [0.25, 0.3) is 0 Å². The lowest BCUT2D eigenvalue weighted by atomic mass is 9.70. The van der Waals surface area contributed by atoms with Gasteiger partial charge in [0.2, 0.25) is 0 Å². The molecule has 3 heteroatoms. The highest BCUT2D eigenvalue weighted by atomic mass is 16.5. The van der Waals surface area contributed by atoms with E-state index in [2.05, 4.69) is 24.1 Å². The maximum absolute atomic E-state index is 5.52. The van der Waals surface area contributed by atoms with Crippen LogP contribution in [-0.4, -0.2) is 50.8 Å². The molecule has 0 spiro atoms. The fraction of sp³-hybridized carbons (Fsp3) is 1.00. The monoisotopic (exact) mass is 282 g/mol. The minimum Gasteiger partial charge on any atom is -0.380 e. The van der Waals surface area contributed by atoms with Gasteiger partial charge in [-0.25, -0.2) is 0 Å². The summed E-state index contributed by atoms with van der Waals surface area (Å²) in [7, 11) is 1.86. The van der Waals surface area contributed by atoms with Crippen molar-refractivity contribution in [2.75, 3.05) is 39.8 Å². The van der Waals surface area contributed by atoms with Crippen LogP contribution in [0.15, 0.2) is 0 Å². The third-order valence-corrected chi connectivity index (χ3v) is 5.38. The van der Waals surface area contributed by atoms with Crippen molar-refractivity contribution in [2.24, 2.45) is 11.3 Å². The standard InChI is InChI=1S/C17H34N2O/c1-4-10-18-13-17(8-5-15(2)6-9-17)14-19-11-7-16(12-19)20-3/h15-16,18H,4-14H2,1-3H3. The Balaban J connectivity index is 1.88. The zero-order valence-corrected chi connectivity index (χ0v) is 13.8. The van der Waals surface area contributed by atoms with Gasteiger partial charge in [-0.2, -0.15) is 0 Å². The number of rotatable bonds is 7. The zero-order chi connectivity index (χ0) is 14.4. The van der Waals surface area contributed by atoms with Crippen molar-refractivity contribution < 1.29 is 4.74 Å². The Morgan fingerprint density at radius 3 is 2.60 bits per heavy atom. The third-order valence-electron chi connectivity index (χ3n) is 5.38. The maximum Gasteiger partial charge on any atom is 0.0710 e. The predicted molar refractivity (Wildman–Crippen MR) is 85.1 cm³/mol. The highest BCUT2D eigenvalue weighted by Gasteiger charge is 2.37. The third kappa shape index (κ3) is 4.44. The van der Waals surface area contributed by atoms with Crippen LogP contribution >= 0.6 is 0 Å². The number of hydrogen-bond donors (Lipinski definition) is 1. The predicted octanol–water partition coefficient (Wildman–Crippen LogP) is 2.90. The molecule has 1 N–H and O–H groups in total. The summed E-state index contributed by atoms with van der Waals surface area (Å²) in [4.78, 5) is 2.65. The first-order chi connectivity index (χ1) is 9.67. The molecule has 1 atom stereocenters. The SMILES string of the molecule is CCCNCC1(CN2CCC(OC)C2)CCC(C)CC1. The molecule has 0 amide bonds. The molecule has 1 saturated carbocycles. The molecule has 0 radical (unpaired) electrons. The molecule has 118 valence electrons. The molecule has 2 rings (SSSR count). The normalized spacial score (nSPS) is 35.5. The first-order valence-electron chi connectivity index (χ1n) is 8.63. The quantitative estimate of drug-likeness (QED) is 0.727. The van der Waals surface area contributed by atoms with Gasteiger partial charge in [0.05, 0.1) is 6.10 Å². The number of nitrogens with zero attached hydrogens (tertiary/aromatic N) is 1. The van der Waals surface area contributed by atoms with E-state index in [4.69, 9.17) is 4.74 Å². The summed E-state index contributed by atoms with van der Waals surface area (Å²) in [6, 6.07) is 0. The van der Waals surface area contributed by atoms with Gasteiger partial charge in [-0.15, -0.1) is 0 Å². The number of nitrogens with one attached hydrogen (secondary N) is 1. The Kier molecular flexibility index (Phi) is 6.31. The first kappa shape index (κ1) is 16.3. The summed E-state index contributed by atoms with van der Waals surface area (Å²) in [6.45, 7) is 10.7. The lowest BCUT2D eigenvalue weighted by Crippen LogP contribution is -2.46. The molecule has 2 aliphatic rings. The zero-order valence-electron chi connectivity index (χ0n) is 13.8. The summed E-state index contributed by atoms with van der Waals surface area (Å²) in [5.41, 5.74) is 0.518. The van der Waals surface area contributed by atoms with E-state index in [9.17, 15) is 0 Å². The topological polar surface area (TPSA) is 24.5 Å². The van der Waals surface area contributed by atoms with E-state index in [1.807, 2.05) is 7.11 Å². The van der Waals surface area contributed by atoms with Crippen molar-refractivity contribution in [3.63, 3.8) is 0 Å². The number of hydrogen-bond acceptors (Lipinski definition) is 3. The van der Waals surface area contributed by atoms with E-state index < -0.39 is 0 Å². The molecule has 0 aromatic rings. The molecule has 1 unspecified atom stereocenters. The summed E-state index contributed by atoms with van der Waals surface area (Å²) < 4.78 is 5.52. The van der Waals surface area contributed by atoms with Gasteiger partial charge in [-0.3, -0.25) is 0 Å². The number of methoxy groups -OCH3 is 1. The van der Waals surface area contributed by atoms with E-state index in [1.54, 1.807) is 0 Å². The Bertz CT molecular complexity index is 274. The second-order valence-electron chi connectivity index (χ2n) is 7.24. The van der Waals surface area contributed by atoms with E-state index in [0.29, 0.717) is 11.5 Å². The fourth-order valence-corrected chi connectivity index (χ4v) is 3.90. The van der Waals surface area contributed by atoms with Crippen LogP contribution in [0.25, 0.3) is 0 Å². The van der Waals surface area contributed by atoms with Crippen LogP contribution in [0.4, 0.5) is 0 Å². The Labute approximate surface area is 125 Å². The van der Waals surface area contributed by atoms with Crippen molar-refractivity contribution in [1.82, 2.24) is 10.2 Å². The molecule has 0 aromatic carbocycles. The molecular formula is C17H34N2O. The van der Waals surface area contributed by atoms with Crippen molar-refractivity contribution in [1.29, 1.82) is 0 Å². The molecule has 3 nitrogen and oxygen atoms in total. The summed E-state index contributed by atoms with van der Waals surface area (Å²) in [6.07, 6.45) is 8.55. The summed E-state index contributed by atoms with van der Waals surface area (Å²) in [5, 5.41) is 3.70. The van der Waals surface area contributed by atoms with Gasteiger partial charge in [0.1, 0.15) is 0 Å². The largest absolute Gasteiger partial charge is 0.380 e. The van der Waals surface area contributed by atoms with Crippen LogP contribution in [-0.2, 0) is 4.74 Å². The van der Waals surface area contributed by atoms with Crippen LogP contribution in [0.1, 0.15) is 52.4 Å². The Hall–Kier alpha value is -0.120. The van der Waals surface area contributed by atoms with Crippen molar-refractivity contribution in [3.8, 4) is 0 Å². The lowest BCUT2D eigenvalue weighted by molar-refractivity contribution is 0.0756. The minimum atomic E-state index is 0.471. The highest BCUT2D eigenvalue weighted by molar-refractivity contribution is 4.91. The lowest BCUT2D eigenvalue weighted by Gasteiger charge is -2.42.